The third-order valence-corrected chi connectivity index (χ3v) is 5.33. The summed E-state index contributed by atoms with van der Waals surface area (Å²) in [6, 6.07) is 16.3. The number of carbonyl (C=O) groups is 2. The summed E-state index contributed by atoms with van der Waals surface area (Å²) in [6.07, 6.45) is 1.67. The van der Waals surface area contributed by atoms with E-state index in [0.717, 1.165) is 21.8 Å². The molecule has 2 amide bonds. The number of benzene rings is 2. The van der Waals surface area contributed by atoms with E-state index in [1.165, 1.54) is 11.3 Å². The van der Waals surface area contributed by atoms with Gasteiger partial charge in [-0.05, 0) is 85.8 Å². The molecule has 0 radical (unpaired) electrons. The van der Waals surface area contributed by atoms with Gasteiger partial charge in [-0.2, -0.15) is 0 Å². The summed E-state index contributed by atoms with van der Waals surface area (Å²) in [5, 5.41) is 7.51. The van der Waals surface area contributed by atoms with Crippen LogP contribution in [0.3, 0.4) is 0 Å². The maximum atomic E-state index is 12.9. The molecule has 2 N–H and O–H groups in total. The van der Waals surface area contributed by atoms with E-state index in [0.29, 0.717) is 17.9 Å². The zero-order chi connectivity index (χ0) is 21.5. The molecule has 0 unspecified atom stereocenters. The van der Waals surface area contributed by atoms with Gasteiger partial charge in [-0.15, -0.1) is 11.3 Å². The van der Waals surface area contributed by atoms with Gasteiger partial charge in [0.1, 0.15) is 11.4 Å². The van der Waals surface area contributed by atoms with Gasteiger partial charge in [0.2, 0.25) is 0 Å². The Morgan fingerprint density at radius 3 is 2.43 bits per heavy atom. The second kappa shape index (κ2) is 9.89. The third kappa shape index (κ3) is 5.58. The van der Waals surface area contributed by atoms with Crippen LogP contribution in [0.15, 0.2) is 65.7 Å². The number of hydrogen-bond donors (Lipinski definition) is 2. The first-order valence-corrected chi connectivity index (χ1v) is 10.5. The van der Waals surface area contributed by atoms with Crippen molar-refractivity contribution in [3.05, 3.63) is 87.2 Å². The molecular formula is C24H24N2O3S. The molecule has 0 aliphatic carbocycles. The van der Waals surface area contributed by atoms with Crippen LogP contribution < -0.4 is 15.4 Å². The Bertz CT molecular complexity index is 1050. The molecule has 0 bridgehead atoms. The zero-order valence-electron chi connectivity index (χ0n) is 17.2. The Labute approximate surface area is 180 Å². The van der Waals surface area contributed by atoms with Crippen LogP contribution in [0.25, 0.3) is 6.08 Å². The Kier molecular flexibility index (Phi) is 7.03. The molecule has 6 heteroatoms. The highest BCUT2D eigenvalue weighted by Gasteiger charge is 2.16. The summed E-state index contributed by atoms with van der Waals surface area (Å²) in [5.74, 6) is 0.000358. The molecule has 0 saturated carbocycles. The molecule has 2 aromatic carbocycles. The molecule has 0 atom stereocenters. The summed E-state index contributed by atoms with van der Waals surface area (Å²) < 4.78 is 5.42. The number of thiophene rings is 1. The largest absolute Gasteiger partial charge is 0.494 e. The van der Waals surface area contributed by atoms with Crippen molar-refractivity contribution in [1.29, 1.82) is 0 Å². The number of rotatable bonds is 7. The molecule has 0 fully saturated rings. The van der Waals surface area contributed by atoms with Crippen molar-refractivity contribution >= 4 is 34.9 Å². The van der Waals surface area contributed by atoms with Gasteiger partial charge < -0.3 is 15.4 Å². The zero-order valence-corrected chi connectivity index (χ0v) is 18.0. The molecule has 0 spiro atoms. The summed E-state index contributed by atoms with van der Waals surface area (Å²) in [6.45, 7) is 6.43. The lowest BCUT2D eigenvalue weighted by Gasteiger charge is -2.12. The van der Waals surface area contributed by atoms with Crippen molar-refractivity contribution in [2.45, 2.75) is 20.8 Å². The maximum absolute atomic E-state index is 12.9. The molecule has 3 rings (SSSR count). The molecule has 5 nitrogen and oxygen atoms in total. The summed E-state index contributed by atoms with van der Waals surface area (Å²) in [5.41, 5.74) is 3.42. The smallest absolute Gasteiger partial charge is 0.272 e. The highest BCUT2D eigenvalue weighted by atomic mass is 32.1. The lowest BCUT2D eigenvalue weighted by molar-refractivity contribution is -0.113. The number of anilines is 1. The fourth-order valence-electron chi connectivity index (χ4n) is 2.75. The summed E-state index contributed by atoms with van der Waals surface area (Å²) >= 11 is 1.49. The Balaban J connectivity index is 1.80. The minimum atomic E-state index is -0.398. The molecule has 0 saturated heterocycles. The average Bonchev–Trinajstić information content (AvgIpc) is 3.24. The van der Waals surface area contributed by atoms with Crippen LogP contribution in [0.5, 0.6) is 5.75 Å². The van der Waals surface area contributed by atoms with Crippen LogP contribution in [0.2, 0.25) is 0 Å². The Morgan fingerprint density at radius 2 is 1.80 bits per heavy atom. The topological polar surface area (TPSA) is 67.4 Å². The number of carbonyl (C=O) groups excluding carboxylic acids is 2. The van der Waals surface area contributed by atoms with Crippen molar-refractivity contribution in [2.24, 2.45) is 0 Å². The molecule has 0 aliphatic heterocycles. The minimum Gasteiger partial charge on any atom is -0.494 e. The van der Waals surface area contributed by atoms with Crippen LogP contribution in [-0.4, -0.2) is 18.4 Å². The second-order valence-electron chi connectivity index (χ2n) is 6.74. The van der Waals surface area contributed by atoms with E-state index >= 15 is 0 Å². The molecule has 3 aromatic rings. The lowest BCUT2D eigenvalue weighted by atomic mass is 10.1. The number of aryl methyl sites for hydroxylation is 2. The summed E-state index contributed by atoms with van der Waals surface area (Å²) in [4.78, 5) is 26.6. The van der Waals surface area contributed by atoms with Gasteiger partial charge >= 0.3 is 0 Å². The average molecular weight is 421 g/mol. The monoisotopic (exact) mass is 420 g/mol. The van der Waals surface area contributed by atoms with E-state index in [9.17, 15) is 9.59 Å². The third-order valence-electron chi connectivity index (χ3n) is 4.51. The van der Waals surface area contributed by atoms with E-state index in [-0.39, 0.29) is 11.6 Å². The molecule has 154 valence electrons. The van der Waals surface area contributed by atoms with E-state index in [4.69, 9.17) is 4.74 Å². The first-order valence-electron chi connectivity index (χ1n) is 9.64. The predicted octanol–water partition coefficient (Wildman–Crippen LogP) is 5.17. The summed E-state index contributed by atoms with van der Waals surface area (Å²) in [7, 11) is 0. The van der Waals surface area contributed by atoms with Gasteiger partial charge in [0.05, 0.1) is 6.61 Å². The Morgan fingerprint density at radius 1 is 1.03 bits per heavy atom. The van der Waals surface area contributed by atoms with Gasteiger partial charge in [0.15, 0.2) is 0 Å². The van der Waals surface area contributed by atoms with Gasteiger partial charge in [-0.3, -0.25) is 9.59 Å². The fraction of sp³-hybridized carbons (Fsp3) is 0.167. The van der Waals surface area contributed by atoms with Crippen molar-refractivity contribution in [1.82, 2.24) is 5.32 Å². The van der Waals surface area contributed by atoms with E-state index in [1.54, 1.807) is 36.4 Å². The standard InChI is InChI=1S/C24H24N2O3S/c1-4-29-20-11-9-19(10-12-20)25-24(28)22(15-21-6-5-13-30-21)26-23(27)18-8-7-16(2)17(3)14-18/h5-15H,4H2,1-3H3,(H,25,28)(H,26,27)/b22-15+. The normalized spacial score (nSPS) is 11.1. The molecule has 1 aromatic heterocycles. The van der Waals surface area contributed by atoms with Crippen molar-refractivity contribution in [3.8, 4) is 5.75 Å². The van der Waals surface area contributed by atoms with E-state index < -0.39 is 5.91 Å². The lowest BCUT2D eigenvalue weighted by Crippen LogP contribution is -2.30. The second-order valence-corrected chi connectivity index (χ2v) is 7.72. The van der Waals surface area contributed by atoms with Gasteiger partial charge in [0.25, 0.3) is 11.8 Å². The SMILES string of the molecule is CCOc1ccc(NC(=O)/C(=C\c2cccs2)NC(=O)c2ccc(C)c(C)c2)cc1. The van der Waals surface area contributed by atoms with Crippen LogP contribution in [0.4, 0.5) is 5.69 Å². The highest BCUT2D eigenvalue weighted by Crippen LogP contribution is 2.18. The molecule has 30 heavy (non-hydrogen) atoms. The van der Waals surface area contributed by atoms with E-state index in [2.05, 4.69) is 10.6 Å². The van der Waals surface area contributed by atoms with E-state index in [1.807, 2.05) is 50.4 Å². The first kappa shape index (κ1) is 21.3. The predicted molar refractivity (Wildman–Crippen MR) is 122 cm³/mol. The first-order chi connectivity index (χ1) is 14.5. The van der Waals surface area contributed by atoms with Crippen molar-refractivity contribution in [3.63, 3.8) is 0 Å². The van der Waals surface area contributed by atoms with Gasteiger partial charge in [-0.1, -0.05) is 12.1 Å². The van der Waals surface area contributed by atoms with Crippen LogP contribution in [0.1, 0.15) is 33.3 Å². The fourth-order valence-corrected chi connectivity index (χ4v) is 3.41. The minimum absolute atomic E-state index is 0.176. The molecule has 0 aliphatic rings. The van der Waals surface area contributed by atoms with Gasteiger partial charge in [-0.25, -0.2) is 0 Å². The maximum Gasteiger partial charge on any atom is 0.272 e. The number of amides is 2. The van der Waals surface area contributed by atoms with Crippen LogP contribution in [0, 0.1) is 13.8 Å². The van der Waals surface area contributed by atoms with Crippen LogP contribution >= 0.6 is 11.3 Å². The quantitative estimate of drug-likeness (QED) is 0.518. The van der Waals surface area contributed by atoms with Gasteiger partial charge in [0, 0.05) is 16.1 Å². The molecule has 1 heterocycles. The number of nitrogens with one attached hydrogen (secondary N) is 2. The highest BCUT2D eigenvalue weighted by molar-refractivity contribution is 7.10. The Hall–Kier alpha value is -3.38. The van der Waals surface area contributed by atoms with Crippen molar-refractivity contribution < 1.29 is 14.3 Å². The molecular weight excluding hydrogens is 396 g/mol. The number of ether oxygens (including phenoxy) is 1. The van der Waals surface area contributed by atoms with Crippen molar-refractivity contribution in [2.75, 3.05) is 11.9 Å². The number of hydrogen-bond acceptors (Lipinski definition) is 4. The van der Waals surface area contributed by atoms with Crippen LogP contribution in [-0.2, 0) is 4.79 Å².